The molecule has 7 heteroatoms. The van der Waals surface area contributed by atoms with Crippen LogP contribution in [0.2, 0.25) is 0 Å². The number of hydrogen-bond donors (Lipinski definition) is 1. The maximum Gasteiger partial charge on any atom is 0.242 e. The molecule has 1 atom stereocenters. The number of amides is 1. The van der Waals surface area contributed by atoms with Gasteiger partial charge in [0.25, 0.3) is 0 Å². The first-order chi connectivity index (χ1) is 10.8. The third-order valence-electron chi connectivity index (χ3n) is 3.80. The van der Waals surface area contributed by atoms with Gasteiger partial charge in [-0.25, -0.2) is 0 Å². The number of carbonyl (C=O) groups is 1. The zero-order chi connectivity index (χ0) is 17.6. The van der Waals surface area contributed by atoms with Crippen molar-refractivity contribution in [3.05, 3.63) is 17.7 Å². The lowest BCUT2D eigenvalue weighted by molar-refractivity contribution is -0.135. The van der Waals surface area contributed by atoms with Crippen LogP contribution >= 0.6 is 24.2 Å². The summed E-state index contributed by atoms with van der Waals surface area (Å²) in [4.78, 5) is 15.3. The Balaban J connectivity index is 0.00000529. The van der Waals surface area contributed by atoms with Crippen LogP contribution in [0.4, 0.5) is 0 Å². The van der Waals surface area contributed by atoms with E-state index in [1.54, 1.807) is 44.9 Å². The number of nitrogens with two attached hydrogens (primary N) is 1. The van der Waals surface area contributed by atoms with Crippen molar-refractivity contribution in [1.29, 1.82) is 0 Å². The third kappa shape index (κ3) is 5.46. The van der Waals surface area contributed by atoms with Crippen molar-refractivity contribution in [3.8, 4) is 11.5 Å². The fraction of sp³-hybridized carbons (Fsp3) is 0.588. The second-order valence-electron chi connectivity index (χ2n) is 5.85. The summed E-state index contributed by atoms with van der Waals surface area (Å²) in [6.45, 7) is 4.30. The van der Waals surface area contributed by atoms with Crippen LogP contribution in [0, 0.1) is 0 Å². The van der Waals surface area contributed by atoms with Gasteiger partial charge in [-0.15, -0.1) is 24.2 Å². The Morgan fingerprint density at radius 2 is 1.83 bits per heavy atom. The van der Waals surface area contributed by atoms with Crippen LogP contribution in [0.25, 0.3) is 0 Å². The molecule has 0 aliphatic rings. The smallest absolute Gasteiger partial charge is 0.242 e. The zero-order valence-corrected chi connectivity index (χ0v) is 17.0. The van der Waals surface area contributed by atoms with E-state index in [0.717, 1.165) is 16.9 Å². The molecule has 1 amide bonds. The van der Waals surface area contributed by atoms with E-state index in [1.807, 2.05) is 25.3 Å². The number of nitrogens with zero attached hydrogens (tertiary/aromatic N) is 1. The monoisotopic (exact) mass is 376 g/mol. The molecular weight excluding hydrogens is 348 g/mol. The van der Waals surface area contributed by atoms with Crippen LogP contribution in [-0.2, 0) is 11.3 Å². The van der Waals surface area contributed by atoms with Gasteiger partial charge in [0.2, 0.25) is 5.91 Å². The highest BCUT2D eigenvalue weighted by Gasteiger charge is 2.30. The van der Waals surface area contributed by atoms with Gasteiger partial charge in [0.05, 0.1) is 19.8 Å². The Kier molecular flexibility index (Phi) is 9.55. The van der Waals surface area contributed by atoms with Gasteiger partial charge < -0.3 is 20.1 Å². The molecule has 24 heavy (non-hydrogen) atoms. The Morgan fingerprint density at radius 1 is 1.29 bits per heavy atom. The summed E-state index contributed by atoms with van der Waals surface area (Å²) in [6.07, 6.45) is 3.53. The van der Waals surface area contributed by atoms with E-state index < -0.39 is 5.54 Å². The topological polar surface area (TPSA) is 64.8 Å². The zero-order valence-electron chi connectivity index (χ0n) is 15.3. The van der Waals surface area contributed by atoms with E-state index in [4.69, 9.17) is 15.2 Å². The van der Waals surface area contributed by atoms with Crippen LogP contribution in [-0.4, -0.2) is 43.9 Å². The molecule has 1 aromatic carbocycles. The highest BCUT2D eigenvalue weighted by molar-refractivity contribution is 7.98. The maximum atomic E-state index is 12.6. The minimum absolute atomic E-state index is 0. The molecule has 0 spiro atoms. The quantitative estimate of drug-likeness (QED) is 0.705. The van der Waals surface area contributed by atoms with Crippen molar-refractivity contribution in [2.75, 3.05) is 27.5 Å². The molecule has 0 heterocycles. The number of rotatable bonds is 8. The molecule has 0 saturated carbocycles. The molecule has 0 aliphatic heterocycles. The minimum atomic E-state index is -0.834. The van der Waals surface area contributed by atoms with Crippen LogP contribution < -0.4 is 15.2 Å². The molecule has 5 nitrogen and oxygen atoms in total. The van der Waals surface area contributed by atoms with Gasteiger partial charge in [-0.2, -0.15) is 0 Å². The number of benzene rings is 1. The van der Waals surface area contributed by atoms with E-state index in [1.165, 1.54) is 0 Å². The first kappa shape index (κ1) is 22.9. The average Bonchev–Trinajstić information content (AvgIpc) is 2.53. The molecule has 2 N–H and O–H groups in total. The van der Waals surface area contributed by atoms with Gasteiger partial charge in [-0.3, -0.25) is 4.79 Å². The van der Waals surface area contributed by atoms with Crippen LogP contribution in [0.5, 0.6) is 11.5 Å². The third-order valence-corrected chi connectivity index (χ3v) is 4.62. The van der Waals surface area contributed by atoms with Gasteiger partial charge in [-0.1, -0.05) is 13.3 Å². The van der Waals surface area contributed by atoms with Crippen molar-refractivity contribution in [1.82, 2.24) is 4.90 Å². The maximum absolute atomic E-state index is 12.6. The lowest BCUT2D eigenvalue weighted by Crippen LogP contribution is -2.51. The number of hydrogen-bond acceptors (Lipinski definition) is 5. The Labute approximate surface area is 155 Å². The minimum Gasteiger partial charge on any atom is -0.493 e. The first-order valence-corrected chi connectivity index (χ1v) is 8.86. The standard InChI is InChI=1S/C17H28N2O3S.ClH/c1-7-8-17(2,18)16(20)19(3)11-12-9-13(21-4)14(22-5)10-15(12)23-6;/h9-10H,7-8,11,18H2,1-6H3;1H. The normalized spacial score (nSPS) is 12.8. The van der Waals surface area contributed by atoms with Gasteiger partial charge in [0.1, 0.15) is 0 Å². The number of likely N-dealkylation sites (N-methyl/N-ethyl adjacent to an activating group) is 1. The van der Waals surface area contributed by atoms with Crippen molar-refractivity contribution in [3.63, 3.8) is 0 Å². The molecule has 0 saturated heterocycles. The SMILES string of the molecule is CCCC(C)(N)C(=O)N(C)Cc1cc(OC)c(OC)cc1SC.Cl. The molecule has 138 valence electrons. The second kappa shape index (κ2) is 10.0. The van der Waals surface area contributed by atoms with Gasteiger partial charge in [0, 0.05) is 18.5 Å². The van der Waals surface area contributed by atoms with Crippen molar-refractivity contribution < 1.29 is 14.3 Å². The van der Waals surface area contributed by atoms with E-state index in [-0.39, 0.29) is 18.3 Å². The van der Waals surface area contributed by atoms with Crippen molar-refractivity contribution in [2.24, 2.45) is 5.73 Å². The predicted molar refractivity (Wildman–Crippen MR) is 103 cm³/mol. The van der Waals surface area contributed by atoms with Crippen molar-refractivity contribution in [2.45, 2.75) is 43.7 Å². The van der Waals surface area contributed by atoms with E-state index in [2.05, 4.69) is 0 Å². The number of ether oxygens (including phenoxy) is 2. The predicted octanol–water partition coefficient (Wildman–Crippen LogP) is 3.32. The Morgan fingerprint density at radius 3 is 2.29 bits per heavy atom. The fourth-order valence-electron chi connectivity index (χ4n) is 2.61. The lowest BCUT2D eigenvalue weighted by Gasteiger charge is -2.29. The van der Waals surface area contributed by atoms with Gasteiger partial charge in [-0.05, 0) is 37.3 Å². The van der Waals surface area contributed by atoms with Crippen LogP contribution in [0.1, 0.15) is 32.3 Å². The van der Waals surface area contributed by atoms with E-state index >= 15 is 0 Å². The largest absolute Gasteiger partial charge is 0.493 e. The summed E-state index contributed by atoms with van der Waals surface area (Å²) < 4.78 is 10.7. The fourth-order valence-corrected chi connectivity index (χ4v) is 3.22. The molecule has 1 aromatic rings. The molecule has 1 unspecified atom stereocenters. The Hall–Kier alpha value is -1.11. The number of methoxy groups -OCH3 is 2. The highest BCUT2D eigenvalue weighted by Crippen LogP contribution is 2.35. The summed E-state index contributed by atoms with van der Waals surface area (Å²) in [5.41, 5.74) is 6.34. The second-order valence-corrected chi connectivity index (χ2v) is 6.70. The molecule has 0 fully saturated rings. The summed E-state index contributed by atoms with van der Waals surface area (Å²) in [7, 11) is 5.00. The highest BCUT2D eigenvalue weighted by atomic mass is 35.5. The molecule has 0 aliphatic carbocycles. The van der Waals surface area contributed by atoms with Gasteiger partial charge in [0.15, 0.2) is 11.5 Å². The summed E-state index contributed by atoms with van der Waals surface area (Å²) >= 11 is 1.61. The summed E-state index contributed by atoms with van der Waals surface area (Å²) in [6, 6.07) is 3.85. The number of thioether (sulfide) groups is 1. The molecule has 0 aromatic heterocycles. The lowest BCUT2D eigenvalue weighted by atomic mass is 9.95. The first-order valence-electron chi connectivity index (χ1n) is 7.64. The number of carbonyl (C=O) groups excluding carboxylic acids is 1. The van der Waals surface area contributed by atoms with Crippen molar-refractivity contribution >= 4 is 30.1 Å². The van der Waals surface area contributed by atoms with Crippen LogP contribution in [0.3, 0.4) is 0 Å². The van der Waals surface area contributed by atoms with E-state index in [0.29, 0.717) is 24.5 Å². The van der Waals surface area contributed by atoms with E-state index in [9.17, 15) is 4.79 Å². The Bertz CT molecular complexity index is 553. The average molecular weight is 377 g/mol. The molecule has 1 rings (SSSR count). The summed E-state index contributed by atoms with van der Waals surface area (Å²) in [5.74, 6) is 1.29. The van der Waals surface area contributed by atoms with Crippen LogP contribution in [0.15, 0.2) is 17.0 Å². The molecule has 0 radical (unpaired) electrons. The molecule has 0 bridgehead atoms. The number of halogens is 1. The molecular formula is C17H29ClN2O3S. The summed E-state index contributed by atoms with van der Waals surface area (Å²) in [5, 5.41) is 0. The van der Waals surface area contributed by atoms with Gasteiger partial charge >= 0.3 is 0 Å².